The molecule has 0 bridgehead atoms. The molecule has 2 unspecified atom stereocenters. The second-order valence-corrected chi connectivity index (χ2v) is 59.2. The summed E-state index contributed by atoms with van der Waals surface area (Å²) in [6.07, 6.45) is 10.3. The van der Waals surface area contributed by atoms with Crippen LogP contribution in [-0.2, 0) is 17.1 Å². The van der Waals surface area contributed by atoms with E-state index in [0.717, 1.165) is 0 Å². The van der Waals surface area contributed by atoms with Crippen LogP contribution in [0.1, 0.15) is 51.9 Å². The number of fused-ring (bicyclic) bond motifs is 2. The summed E-state index contributed by atoms with van der Waals surface area (Å²) in [5.74, 6) is 0. The number of allylic oxidation sites excluding steroid dienone is 2. The van der Waals surface area contributed by atoms with E-state index in [0.29, 0.717) is 7.35 Å². The predicted molar refractivity (Wildman–Crippen MR) is 216 cm³/mol. The molecule has 8 rings (SSSR count). The summed E-state index contributed by atoms with van der Waals surface area (Å²) in [6.45, 7) is 8.88. The number of aryl methyl sites for hydroxylation is 4. The van der Waals surface area contributed by atoms with Gasteiger partial charge in [0.2, 0.25) is 0 Å². The molecule has 2 aliphatic carbocycles. The van der Waals surface area contributed by atoms with Crippen LogP contribution in [0, 0.1) is 27.7 Å². The van der Waals surface area contributed by atoms with Gasteiger partial charge in [-0.15, -0.1) is 0 Å². The molecule has 0 fully saturated rings. The first kappa shape index (κ1) is 33.1. The van der Waals surface area contributed by atoms with Gasteiger partial charge >= 0.3 is 302 Å². The van der Waals surface area contributed by atoms with E-state index < -0.39 is 22.6 Å². The van der Waals surface area contributed by atoms with Gasteiger partial charge in [-0.2, -0.15) is 0 Å². The maximum absolute atomic E-state index is 4.41. The molecule has 2 heteroatoms. The summed E-state index contributed by atoms with van der Waals surface area (Å²) >= 11 is -4.41. The fourth-order valence-corrected chi connectivity index (χ4v) is 62.7. The first-order chi connectivity index (χ1) is 24.1. The molecule has 0 radical (unpaired) electrons. The molecule has 0 saturated carbocycles. The minimum absolute atomic E-state index is 0.396. The zero-order valence-electron chi connectivity index (χ0n) is 30.2. The van der Waals surface area contributed by atoms with Gasteiger partial charge in [-0.3, -0.25) is 0 Å². The topological polar surface area (TPSA) is 0 Å². The van der Waals surface area contributed by atoms with Crippen molar-refractivity contribution in [2.45, 2.75) is 44.4 Å². The average Bonchev–Trinajstić information content (AvgIpc) is 3.75. The molecule has 0 amide bonds. The third kappa shape index (κ3) is 5.43. The van der Waals surface area contributed by atoms with Crippen molar-refractivity contribution in [1.29, 1.82) is 0 Å². The molecule has 6 aromatic rings. The number of hydrogen-bond acceptors (Lipinski definition) is 0. The van der Waals surface area contributed by atoms with E-state index in [1.165, 1.54) is 66.8 Å². The number of rotatable bonds is 6. The Morgan fingerprint density at radius 3 is 1.20 bits per heavy atom. The van der Waals surface area contributed by atoms with Crippen LogP contribution in [0.15, 0.2) is 146 Å². The SMILES string of the molecule is Cc1cc(C)cc(-c2cccc3c2C=C[CH]3[Hf]([CH3])([CH3])([CH]2C=Cc3c(-c4cc(C)cc(C)c4)cccc32)=[Si](c2ccccc2)c2ccccc2)c1. The van der Waals surface area contributed by atoms with Gasteiger partial charge in [0.1, 0.15) is 0 Å². The van der Waals surface area contributed by atoms with Crippen LogP contribution >= 0.6 is 0 Å². The van der Waals surface area contributed by atoms with E-state index in [1.807, 2.05) is 0 Å². The van der Waals surface area contributed by atoms with Gasteiger partial charge in [0.15, 0.2) is 0 Å². The molecule has 0 spiro atoms. The molecule has 0 saturated heterocycles. The van der Waals surface area contributed by atoms with Crippen molar-refractivity contribution in [2.75, 3.05) is 0 Å². The van der Waals surface area contributed by atoms with Crippen molar-refractivity contribution < 1.29 is 17.1 Å². The Bertz CT molecular complexity index is 2220. The molecule has 0 aromatic heterocycles. The van der Waals surface area contributed by atoms with E-state index in [1.54, 1.807) is 10.4 Å². The summed E-state index contributed by atoms with van der Waals surface area (Å²) < 4.78 is 6.50. The van der Waals surface area contributed by atoms with Gasteiger partial charge < -0.3 is 0 Å². The van der Waals surface area contributed by atoms with Gasteiger partial charge in [-0.25, -0.2) is 0 Å². The Kier molecular flexibility index (Phi) is 8.32. The predicted octanol–water partition coefficient (Wildman–Crippen LogP) is 11.7. The maximum atomic E-state index is 2.85. The van der Waals surface area contributed by atoms with Crippen LogP contribution < -0.4 is 10.4 Å². The standard InChI is InChI=1S/2C17H15.C12H10Si.2CH3.Hf/c2*1-12-9-13(2)11-15(10-12)17-8-4-6-14-5-3-7-16(14)17;1-3-7-11(8-4-1)13-12-9-5-2-6-10-12;;;/h2*3-11H,1-2H3;1-10H;2*1H3;. The van der Waals surface area contributed by atoms with Crippen molar-refractivity contribution in [1.82, 2.24) is 0 Å². The van der Waals surface area contributed by atoms with Crippen LogP contribution in [0.4, 0.5) is 0 Å². The minimum atomic E-state index is -4.41. The van der Waals surface area contributed by atoms with E-state index in [4.69, 9.17) is 0 Å². The molecule has 246 valence electrons. The van der Waals surface area contributed by atoms with Gasteiger partial charge in [-0.05, 0) is 0 Å². The zero-order valence-corrected chi connectivity index (χ0v) is 34.8. The summed E-state index contributed by atoms with van der Waals surface area (Å²) in [5.41, 5.74) is 15.3. The van der Waals surface area contributed by atoms with Gasteiger partial charge in [0.25, 0.3) is 0 Å². The molecule has 0 aliphatic heterocycles. The Morgan fingerprint density at radius 2 is 0.820 bits per heavy atom. The van der Waals surface area contributed by atoms with Crippen LogP contribution in [0.25, 0.3) is 34.4 Å². The van der Waals surface area contributed by atoms with Gasteiger partial charge in [-0.1, -0.05) is 0 Å². The molecular weight excluding hydrogens is 783 g/mol. The van der Waals surface area contributed by atoms with Crippen LogP contribution in [0.2, 0.25) is 9.36 Å². The molecule has 6 aromatic carbocycles. The Labute approximate surface area is 299 Å². The quantitative estimate of drug-likeness (QED) is 0.147. The van der Waals surface area contributed by atoms with Gasteiger partial charge in [0, 0.05) is 0 Å². The van der Waals surface area contributed by atoms with Crippen molar-refractivity contribution in [3.8, 4) is 22.3 Å². The molecule has 2 atom stereocenters. The number of benzene rings is 6. The fourth-order valence-electron chi connectivity index (χ4n) is 9.78. The third-order valence-electron chi connectivity index (χ3n) is 11.8. The van der Waals surface area contributed by atoms with Crippen molar-refractivity contribution in [2.24, 2.45) is 0 Å². The normalized spacial score (nSPS) is 16.4. The molecule has 50 heavy (non-hydrogen) atoms. The monoisotopic (exact) mass is 830 g/mol. The van der Waals surface area contributed by atoms with Gasteiger partial charge in [0.05, 0.1) is 0 Å². The first-order valence-electron chi connectivity index (χ1n) is 18.1. The van der Waals surface area contributed by atoms with E-state index in [2.05, 4.69) is 195 Å². The molecule has 0 N–H and O–H groups in total. The van der Waals surface area contributed by atoms with Crippen molar-refractivity contribution in [3.63, 3.8) is 0 Å². The zero-order chi connectivity index (χ0) is 34.6. The Hall–Kier alpha value is -4.11. The molecule has 2 aliphatic rings. The molecular formula is C48H46HfSi. The Balaban J connectivity index is 1.45. The van der Waals surface area contributed by atoms with Crippen LogP contribution in [0.5, 0.6) is 0 Å². The molecule has 0 nitrogen and oxygen atoms in total. The van der Waals surface area contributed by atoms with E-state index >= 15 is 0 Å². The fraction of sp³-hybridized carbons (Fsp3) is 0.167. The summed E-state index contributed by atoms with van der Waals surface area (Å²) in [4.78, 5) is 0. The van der Waals surface area contributed by atoms with Crippen molar-refractivity contribution in [3.05, 3.63) is 190 Å². The summed E-state index contributed by atoms with van der Waals surface area (Å²) in [5, 5.41) is 3.09. The van der Waals surface area contributed by atoms with Crippen molar-refractivity contribution >= 4 is 28.0 Å². The van der Waals surface area contributed by atoms with E-state index in [9.17, 15) is 0 Å². The second-order valence-electron chi connectivity index (χ2n) is 15.8. The van der Waals surface area contributed by atoms with Crippen LogP contribution in [-0.4, -0.2) is 5.49 Å². The Morgan fingerprint density at radius 1 is 0.440 bits per heavy atom. The van der Waals surface area contributed by atoms with Crippen LogP contribution in [0.3, 0.4) is 0 Å². The first-order valence-corrected chi connectivity index (χ1v) is 36.3. The summed E-state index contributed by atoms with van der Waals surface area (Å²) in [6, 6.07) is 51.5. The number of hydrogen-bond donors (Lipinski definition) is 0. The summed E-state index contributed by atoms with van der Waals surface area (Å²) in [7, 11) is 0. The second kappa shape index (κ2) is 12.6. The average molecular weight is 829 g/mol. The molecule has 0 heterocycles. The third-order valence-corrected chi connectivity index (χ3v) is 60.8. The van der Waals surface area contributed by atoms with E-state index in [-0.39, 0.29) is 0 Å².